The van der Waals surface area contributed by atoms with Gasteiger partial charge in [-0.3, -0.25) is 9.59 Å². The van der Waals surface area contributed by atoms with Crippen molar-refractivity contribution < 1.29 is 47.7 Å². The molecule has 340 valence electrons. The third kappa shape index (κ3) is 14.3. The number of esters is 4. The zero-order valence-corrected chi connectivity index (χ0v) is 41.7. The number of nitrogens with zero attached hydrogens (tertiary/aromatic N) is 3. The fraction of sp³-hybridized carbons (Fsp3) is 0.429. The molecular weight excluding hydrogens is 1080 g/mol. The fourth-order valence-electron chi connectivity index (χ4n) is 5.96. The van der Waals surface area contributed by atoms with Gasteiger partial charge in [-0.25, -0.2) is 19.2 Å². The normalized spacial score (nSPS) is 12.5. The minimum Gasteiger partial charge on any atom is -0.466 e. The minimum atomic E-state index is -1.92. The Labute approximate surface area is 404 Å². The molecule has 1 heterocycles. The number of carbonyl (C=O) groups excluding carboxylic acids is 6. The van der Waals surface area contributed by atoms with Crippen LogP contribution >= 0.6 is 82.6 Å². The number of ether oxygens (including phenoxy) is 4. The van der Waals surface area contributed by atoms with Gasteiger partial charge in [-0.05, 0) is 104 Å². The molecule has 3 atom stereocenters. The Hall–Kier alpha value is -3.81. The molecule has 4 aromatic rings. The predicted molar refractivity (Wildman–Crippen MR) is 249 cm³/mol. The highest BCUT2D eigenvalue weighted by molar-refractivity contribution is 9.13. The Morgan fingerprint density at radius 2 is 1.10 bits per heavy atom. The molecule has 63 heavy (non-hydrogen) atoms. The summed E-state index contributed by atoms with van der Waals surface area (Å²) < 4.78 is 21.5. The number of rotatable bonds is 22. The van der Waals surface area contributed by atoms with Gasteiger partial charge < -0.3 is 29.6 Å². The number of carbonyl (C=O) groups is 6. The molecule has 0 saturated heterocycles. The Bertz CT molecular complexity index is 2290. The summed E-state index contributed by atoms with van der Waals surface area (Å²) in [4.78, 5) is 79.8. The maximum atomic E-state index is 14.2. The zero-order chi connectivity index (χ0) is 46.4. The molecule has 0 spiro atoms. The molecule has 4 rings (SSSR count). The van der Waals surface area contributed by atoms with Crippen LogP contribution < -0.4 is 10.6 Å². The van der Waals surface area contributed by atoms with E-state index in [0.29, 0.717) is 19.8 Å². The molecule has 1 aromatic heterocycles. The number of nitrogens with one attached hydrogen (secondary N) is 2. The van der Waals surface area contributed by atoms with Crippen LogP contribution in [-0.2, 0) is 38.1 Å². The number of hydrogen-bond acceptors (Lipinski definition) is 12. The van der Waals surface area contributed by atoms with Gasteiger partial charge in [0, 0.05) is 0 Å². The van der Waals surface area contributed by atoms with Crippen LogP contribution in [-0.4, -0.2) is 76.6 Å². The molecule has 0 saturated carbocycles. The van der Waals surface area contributed by atoms with Gasteiger partial charge in [-0.15, -0.1) is 0 Å². The van der Waals surface area contributed by atoms with Gasteiger partial charge >= 0.3 is 23.9 Å². The highest BCUT2D eigenvalue weighted by atomic mass is 79.9. The van der Waals surface area contributed by atoms with Crippen LogP contribution in [0.2, 0.25) is 15.1 Å². The number of hydrogen-bond donors (Lipinski definition) is 2. The summed E-state index contributed by atoms with van der Waals surface area (Å²) in [7, 11) is 1.14. The maximum absolute atomic E-state index is 14.2. The van der Waals surface area contributed by atoms with Crippen molar-refractivity contribution in [1.82, 2.24) is 15.0 Å². The molecule has 3 aromatic carbocycles. The number of unbranched alkanes of at least 4 members (excludes halogenated alkanes) is 9. The number of anilines is 2. The van der Waals surface area contributed by atoms with E-state index in [1.807, 2.05) is 0 Å². The maximum Gasteiger partial charge on any atom is 0.347 e. The molecule has 3 unspecified atom stereocenters. The van der Waals surface area contributed by atoms with Gasteiger partial charge in [0.05, 0.1) is 64.7 Å². The predicted octanol–water partition coefficient (Wildman–Crippen LogP) is 11.2. The summed E-state index contributed by atoms with van der Waals surface area (Å²) >= 11 is 29.5. The Morgan fingerprint density at radius 3 is 1.57 bits per heavy atom. The molecule has 0 aliphatic heterocycles. The summed E-state index contributed by atoms with van der Waals surface area (Å²) in [5, 5.41) is 14.0. The lowest BCUT2D eigenvalue weighted by molar-refractivity contribution is -0.153. The van der Waals surface area contributed by atoms with Crippen LogP contribution in [0.3, 0.4) is 0 Å². The lowest BCUT2D eigenvalue weighted by Crippen LogP contribution is -2.37. The highest BCUT2D eigenvalue weighted by Crippen LogP contribution is 2.42. The van der Waals surface area contributed by atoms with Crippen LogP contribution in [0.15, 0.2) is 49.8 Å². The molecule has 21 heteroatoms. The van der Waals surface area contributed by atoms with E-state index >= 15 is 0 Å². The molecule has 0 aliphatic carbocycles. The van der Waals surface area contributed by atoms with Crippen molar-refractivity contribution in [2.45, 2.75) is 103 Å². The summed E-state index contributed by atoms with van der Waals surface area (Å²) in [6.45, 7) is 5.10. The van der Waals surface area contributed by atoms with E-state index in [4.69, 9.17) is 49.0 Å². The smallest absolute Gasteiger partial charge is 0.347 e. The van der Waals surface area contributed by atoms with Gasteiger partial charge in [0.25, 0.3) is 11.8 Å². The van der Waals surface area contributed by atoms with Crippen LogP contribution in [0.25, 0.3) is 11.0 Å². The lowest BCUT2D eigenvalue weighted by Gasteiger charge is -2.18. The van der Waals surface area contributed by atoms with Crippen molar-refractivity contribution in [3.05, 3.63) is 76.0 Å². The van der Waals surface area contributed by atoms with E-state index in [1.165, 1.54) is 88.8 Å². The summed E-state index contributed by atoms with van der Waals surface area (Å²) in [5.74, 6) is -5.43. The van der Waals surface area contributed by atoms with E-state index in [1.54, 1.807) is 0 Å². The Kier molecular flexibility index (Phi) is 20.6. The van der Waals surface area contributed by atoms with E-state index in [-0.39, 0.29) is 55.2 Å². The molecule has 0 bridgehead atoms. The minimum absolute atomic E-state index is 0.0294. The second-order valence-corrected chi connectivity index (χ2v) is 17.8. The second kappa shape index (κ2) is 25.0. The molecule has 0 fully saturated rings. The van der Waals surface area contributed by atoms with E-state index < -0.39 is 53.9 Å². The van der Waals surface area contributed by atoms with E-state index in [9.17, 15) is 28.8 Å². The van der Waals surface area contributed by atoms with Crippen LogP contribution in [0.1, 0.15) is 112 Å². The van der Waals surface area contributed by atoms with Crippen molar-refractivity contribution >= 4 is 141 Å². The average Bonchev–Trinajstić information content (AvgIpc) is 3.70. The molecule has 0 radical (unpaired) electrons. The number of fused-ring (bicyclic) bond motifs is 1. The third-order valence-corrected chi connectivity index (χ3v) is 13.8. The SMILES string of the molecule is CCCCCCCCCCCCOC(=O)C(C)OC(=O)c1ccc(Cl)c(NC(=O)C(C(=O)Nc2cc(C(=O)OC(C)C(=O)OC)ccc2Cl)n2nc3c(Br)c(Cl)c(Br)c(Br)c3n2)c1. The zero-order valence-electron chi connectivity index (χ0n) is 34.7. The van der Waals surface area contributed by atoms with Crippen LogP contribution in [0.5, 0.6) is 0 Å². The van der Waals surface area contributed by atoms with Crippen molar-refractivity contribution in [2.75, 3.05) is 24.4 Å². The van der Waals surface area contributed by atoms with Gasteiger partial charge in [0.15, 0.2) is 12.2 Å². The molecule has 0 aliphatic rings. The molecule has 15 nitrogen and oxygen atoms in total. The van der Waals surface area contributed by atoms with Gasteiger partial charge in [0.1, 0.15) is 11.0 Å². The number of methoxy groups -OCH3 is 1. The quantitative estimate of drug-likeness (QED) is 0.0189. The van der Waals surface area contributed by atoms with Crippen molar-refractivity contribution in [3.63, 3.8) is 0 Å². The lowest BCUT2D eigenvalue weighted by atomic mass is 10.1. The third-order valence-electron chi connectivity index (χ3n) is 9.45. The number of benzene rings is 3. The largest absolute Gasteiger partial charge is 0.466 e. The standard InChI is InChI=1S/C42H45Br3Cl3N5O10/c1-5-6-7-8-9-10-11-12-13-14-19-61-40(57)23(3)63-42(59)25-16-18-27(47)29(21-25)50-38(55)36(53-51-34-31(44)30(43)33(48)32(45)35(34)52-53)37(54)49-28-20-24(15-17-26(28)46)41(58)62-22(2)39(56)60-4/h15-18,20-23,36H,5-14,19H2,1-4H3,(H,49,54)(H,50,55). The first-order chi connectivity index (χ1) is 30.0. The van der Waals surface area contributed by atoms with Crippen molar-refractivity contribution in [3.8, 4) is 0 Å². The van der Waals surface area contributed by atoms with Gasteiger partial charge in [0.2, 0.25) is 6.04 Å². The molecular formula is C42H45Br3Cl3N5O10. The number of aromatic nitrogens is 3. The summed E-state index contributed by atoms with van der Waals surface area (Å²) in [6, 6.07) is 5.71. The summed E-state index contributed by atoms with van der Waals surface area (Å²) in [5.41, 5.74) is -0.0561. The first-order valence-electron chi connectivity index (χ1n) is 19.9. The second-order valence-electron chi connectivity index (χ2n) is 14.2. The van der Waals surface area contributed by atoms with Gasteiger partial charge in [-0.1, -0.05) is 99.5 Å². The first kappa shape index (κ1) is 51.8. The fourth-order valence-corrected chi connectivity index (χ4v) is 8.17. The average molecular weight is 1130 g/mol. The van der Waals surface area contributed by atoms with Gasteiger partial charge in [-0.2, -0.15) is 15.0 Å². The highest BCUT2D eigenvalue weighted by Gasteiger charge is 2.34. The van der Waals surface area contributed by atoms with Crippen LogP contribution in [0, 0.1) is 0 Å². The molecule has 2 amide bonds. The monoisotopic (exact) mass is 1120 g/mol. The Balaban J connectivity index is 1.51. The van der Waals surface area contributed by atoms with E-state index in [0.717, 1.165) is 31.2 Å². The molecule has 2 N–H and O–H groups in total. The Morgan fingerprint density at radius 1 is 0.651 bits per heavy atom. The number of amides is 2. The van der Waals surface area contributed by atoms with Crippen molar-refractivity contribution in [1.29, 1.82) is 0 Å². The summed E-state index contributed by atoms with van der Waals surface area (Å²) in [6.07, 6.45) is 8.79. The van der Waals surface area contributed by atoms with Crippen LogP contribution in [0.4, 0.5) is 11.4 Å². The van der Waals surface area contributed by atoms with Crippen molar-refractivity contribution in [2.24, 2.45) is 0 Å². The number of halogens is 6. The van der Waals surface area contributed by atoms with E-state index in [2.05, 4.69) is 80.3 Å². The first-order valence-corrected chi connectivity index (χ1v) is 23.5. The topological polar surface area (TPSA) is 194 Å².